The summed E-state index contributed by atoms with van der Waals surface area (Å²) in [6.07, 6.45) is -5.96. The van der Waals surface area contributed by atoms with E-state index in [0.29, 0.717) is 21.7 Å². The van der Waals surface area contributed by atoms with Crippen LogP contribution in [-0.4, -0.2) is 41.6 Å². The van der Waals surface area contributed by atoms with Crippen LogP contribution in [0.2, 0.25) is 5.15 Å². The van der Waals surface area contributed by atoms with E-state index in [1.165, 1.54) is 26.0 Å². The van der Waals surface area contributed by atoms with Crippen LogP contribution in [0.4, 0.5) is 30.7 Å². The third-order valence-corrected chi connectivity index (χ3v) is 9.95. The Morgan fingerprint density at radius 1 is 1.13 bits per heavy atom. The third kappa shape index (κ3) is 5.86. The molecule has 0 saturated heterocycles. The van der Waals surface area contributed by atoms with Gasteiger partial charge >= 0.3 is 6.18 Å². The van der Waals surface area contributed by atoms with Gasteiger partial charge in [-0.2, -0.15) is 32.1 Å². The first-order valence-electron chi connectivity index (χ1n) is 16.5. The third-order valence-electron chi connectivity index (χ3n) is 9.69. The molecule has 4 aromatic heterocycles. The number of aromatic amines is 1. The van der Waals surface area contributed by atoms with Crippen LogP contribution in [0.3, 0.4) is 0 Å². The van der Waals surface area contributed by atoms with Gasteiger partial charge in [-0.15, -0.1) is 0 Å². The minimum Gasteiger partial charge on any atom is -0.450 e. The summed E-state index contributed by atoms with van der Waals surface area (Å²) in [5.41, 5.74) is 1.94. The quantitative estimate of drug-likeness (QED) is 0.112. The molecule has 9 nitrogen and oxygen atoms in total. The molecule has 6 aromatic rings. The maximum absolute atomic E-state index is 16.0. The molecule has 0 spiro atoms. The Balaban J connectivity index is 1.43. The number of para-hydroxylation sites is 1. The van der Waals surface area contributed by atoms with Crippen molar-refractivity contribution in [3.63, 3.8) is 0 Å². The monoisotopic (exact) mass is 770 g/mol. The number of fused-ring (bicyclic) bond motifs is 6. The number of aromatic nitrogens is 5. The van der Waals surface area contributed by atoms with Crippen LogP contribution in [0.5, 0.6) is 0 Å². The molecule has 17 heteroatoms. The second kappa shape index (κ2) is 12.1. The lowest BCUT2D eigenvalue weighted by Crippen LogP contribution is -2.37. The van der Waals surface area contributed by atoms with E-state index in [4.69, 9.17) is 21.8 Å². The lowest BCUT2D eigenvalue weighted by atomic mass is 9.84. The van der Waals surface area contributed by atoms with Gasteiger partial charge in [0, 0.05) is 40.0 Å². The van der Waals surface area contributed by atoms with Crippen molar-refractivity contribution < 1.29 is 45.1 Å². The van der Waals surface area contributed by atoms with Gasteiger partial charge in [-0.25, -0.2) is 18.4 Å². The van der Waals surface area contributed by atoms with Gasteiger partial charge in [0.2, 0.25) is 5.91 Å². The zero-order valence-corrected chi connectivity index (χ0v) is 28.8. The van der Waals surface area contributed by atoms with Crippen LogP contribution in [0.15, 0.2) is 52.9 Å². The number of nitrogens with one attached hydrogen (secondary N) is 1. The van der Waals surface area contributed by atoms with Crippen molar-refractivity contribution in [3.8, 4) is 23.0 Å². The first kappa shape index (κ1) is 35.6. The molecule has 0 bridgehead atoms. The van der Waals surface area contributed by atoms with Crippen molar-refractivity contribution in [2.45, 2.75) is 62.3 Å². The molecule has 1 fully saturated rings. The summed E-state index contributed by atoms with van der Waals surface area (Å²) in [5.74, 6) is -6.17. The van der Waals surface area contributed by atoms with Crippen molar-refractivity contribution in [2.75, 3.05) is 0 Å². The van der Waals surface area contributed by atoms with Crippen LogP contribution in [0, 0.1) is 29.4 Å². The second-order valence-corrected chi connectivity index (χ2v) is 14.4. The average Bonchev–Trinajstić information content (AvgIpc) is 3.33. The van der Waals surface area contributed by atoms with Gasteiger partial charge in [-0.05, 0) is 74.4 Å². The van der Waals surface area contributed by atoms with Gasteiger partial charge in [0.25, 0.3) is 5.92 Å². The van der Waals surface area contributed by atoms with Crippen molar-refractivity contribution >= 4 is 39.6 Å². The van der Waals surface area contributed by atoms with Gasteiger partial charge in [-0.1, -0.05) is 29.7 Å². The van der Waals surface area contributed by atoms with E-state index in [1.54, 1.807) is 18.2 Å². The van der Waals surface area contributed by atoms with E-state index in [1.807, 2.05) is 0 Å². The second-order valence-electron chi connectivity index (χ2n) is 14.0. The van der Waals surface area contributed by atoms with Crippen molar-refractivity contribution in [1.29, 1.82) is 0 Å². The molecule has 0 aliphatic heterocycles. The number of amides is 1. The van der Waals surface area contributed by atoms with Crippen LogP contribution < -0.4 is 5.73 Å². The first-order chi connectivity index (χ1) is 25.3. The van der Waals surface area contributed by atoms with Gasteiger partial charge in [-0.3, -0.25) is 9.89 Å². The number of nitrogens with zero attached hydrogens (tertiary/aromatic N) is 4. The molecule has 2 aliphatic carbocycles. The number of carbonyl (C=O) groups is 1. The smallest absolute Gasteiger partial charge is 0.435 e. The number of H-pyrrole nitrogens is 1. The highest BCUT2D eigenvalue weighted by Gasteiger charge is 2.69. The topological polar surface area (TPSA) is 136 Å². The number of primary amides is 1. The number of aliphatic hydroxyl groups is 1. The van der Waals surface area contributed by atoms with Crippen LogP contribution in [0.1, 0.15) is 72.0 Å². The number of rotatable bonds is 7. The van der Waals surface area contributed by atoms with E-state index in [2.05, 4.69) is 32.1 Å². The predicted molar refractivity (Wildman–Crippen MR) is 180 cm³/mol. The number of halogens is 8. The molecule has 1 amide bonds. The molecule has 4 atom stereocenters. The normalized spacial score (nSPS) is 18.6. The minimum absolute atomic E-state index is 0.0209. The Labute approximate surface area is 305 Å². The standard InChI is InChI=1S/C37H26ClF7N6O3/c1-35(2,53)9-8-18-6-7-19(20-4-3-5-21-27-30(54-29(20)21)33(38)49-48-27)26(47-18)23(12-15-10-16(39)13-17(40)11-15)28(34(46)52)51-32-25(31(50-51)37(43,44)45)22-14-24(22)36(32,41)42/h3-7,10-11,13,22-24,28,53H,12,14H2,1-2H3,(H2,46,52)(H,48,49)/t22-,23+,24+,28?/m0/s1. The molecule has 54 heavy (non-hydrogen) atoms. The molecule has 2 aromatic carbocycles. The van der Waals surface area contributed by atoms with Crippen LogP contribution in [0.25, 0.3) is 33.2 Å². The van der Waals surface area contributed by atoms with E-state index in [0.717, 1.165) is 12.1 Å². The summed E-state index contributed by atoms with van der Waals surface area (Å²) < 4.78 is 111. The summed E-state index contributed by atoms with van der Waals surface area (Å²) >= 11 is 6.27. The maximum Gasteiger partial charge on any atom is 0.435 e. The molecule has 0 radical (unpaired) electrons. The number of benzene rings is 2. The summed E-state index contributed by atoms with van der Waals surface area (Å²) in [6, 6.07) is 8.16. The summed E-state index contributed by atoms with van der Waals surface area (Å²) in [5, 5.41) is 21.3. The molecule has 278 valence electrons. The average molecular weight is 771 g/mol. The fourth-order valence-electron chi connectivity index (χ4n) is 7.47. The Morgan fingerprint density at radius 3 is 2.52 bits per heavy atom. The van der Waals surface area contributed by atoms with Gasteiger partial charge in [0.05, 0.1) is 5.69 Å². The lowest BCUT2D eigenvalue weighted by Gasteiger charge is -2.29. The largest absolute Gasteiger partial charge is 0.450 e. The molecule has 1 unspecified atom stereocenters. The van der Waals surface area contributed by atoms with E-state index in [9.17, 15) is 31.9 Å². The minimum atomic E-state index is -5.18. The Hall–Kier alpha value is -5.40. The number of pyridine rings is 1. The summed E-state index contributed by atoms with van der Waals surface area (Å²) in [4.78, 5) is 18.4. The summed E-state index contributed by atoms with van der Waals surface area (Å²) in [7, 11) is 0. The highest BCUT2D eigenvalue weighted by atomic mass is 35.5. The SMILES string of the molecule is CC(C)(O)C#Cc1ccc(-c2cccc3c2oc2c(Cl)[nH]nc23)c([C@@H](Cc2cc(F)cc(F)c2)C(C(N)=O)n2nc(C(F)(F)F)c3c2C(F)(F)[C@@H]2C[C@H]32)n1. The van der Waals surface area contributed by atoms with Crippen molar-refractivity contribution in [2.24, 2.45) is 11.7 Å². The Bertz CT molecular complexity index is 2570. The molecule has 8 rings (SSSR count). The first-order valence-corrected chi connectivity index (χ1v) is 16.9. The fourth-order valence-corrected chi connectivity index (χ4v) is 7.64. The highest BCUT2D eigenvalue weighted by molar-refractivity contribution is 6.34. The highest BCUT2D eigenvalue weighted by Crippen LogP contribution is 2.69. The number of nitrogens with two attached hydrogens (primary N) is 1. The van der Waals surface area contributed by atoms with Gasteiger partial charge < -0.3 is 15.3 Å². The molecule has 2 aliphatic rings. The molecular formula is C37H26ClF7N6O3. The van der Waals surface area contributed by atoms with Crippen LogP contribution >= 0.6 is 11.6 Å². The van der Waals surface area contributed by atoms with E-state index < -0.39 is 82.4 Å². The lowest BCUT2D eigenvalue weighted by molar-refractivity contribution is -0.142. The van der Waals surface area contributed by atoms with E-state index in [-0.39, 0.29) is 50.8 Å². The molecular weight excluding hydrogens is 745 g/mol. The number of hydrogen-bond donors (Lipinski definition) is 3. The van der Waals surface area contributed by atoms with Crippen LogP contribution in [-0.2, 0) is 23.3 Å². The molecule has 1 saturated carbocycles. The zero-order chi connectivity index (χ0) is 38.6. The number of carbonyl (C=O) groups excluding carboxylic acids is 1. The molecule has 4 heterocycles. The molecule has 4 N–H and O–H groups in total. The van der Waals surface area contributed by atoms with Gasteiger partial charge in [0.1, 0.15) is 45.8 Å². The number of hydrogen-bond acceptors (Lipinski definition) is 6. The van der Waals surface area contributed by atoms with E-state index >= 15 is 8.78 Å². The van der Waals surface area contributed by atoms with Crippen molar-refractivity contribution in [1.82, 2.24) is 25.0 Å². The Kier molecular flexibility index (Phi) is 7.95. The predicted octanol–water partition coefficient (Wildman–Crippen LogP) is 7.90. The number of furan rings is 1. The zero-order valence-electron chi connectivity index (χ0n) is 28.0. The maximum atomic E-state index is 16.0. The van der Waals surface area contributed by atoms with Gasteiger partial charge in [0.15, 0.2) is 16.4 Å². The fraction of sp³-hybridized carbons (Fsp3) is 0.297. The Morgan fingerprint density at radius 2 is 1.85 bits per heavy atom. The van der Waals surface area contributed by atoms with Crippen molar-refractivity contribution in [3.05, 3.63) is 99.2 Å². The summed E-state index contributed by atoms with van der Waals surface area (Å²) in [6.45, 7) is 2.81. The number of alkyl halides is 5.